The first kappa shape index (κ1) is 13.5. The zero-order valence-corrected chi connectivity index (χ0v) is 11.3. The van der Waals surface area contributed by atoms with Crippen molar-refractivity contribution in [2.75, 3.05) is 12.3 Å². The number of pyridine rings is 1. The molecule has 0 amide bonds. The topological polar surface area (TPSA) is 94.3 Å². The smallest absolute Gasteiger partial charge is 0.242 e. The van der Waals surface area contributed by atoms with Gasteiger partial charge in [-0.25, -0.2) is 18.1 Å². The molecule has 6 nitrogen and oxygen atoms in total. The van der Waals surface area contributed by atoms with Crippen LogP contribution in [0.3, 0.4) is 0 Å². The van der Waals surface area contributed by atoms with Crippen LogP contribution in [0, 0.1) is 0 Å². The minimum Gasteiger partial charge on any atom is -0.382 e. The van der Waals surface area contributed by atoms with Crippen LogP contribution in [0.25, 0.3) is 0 Å². The van der Waals surface area contributed by atoms with E-state index in [1.807, 2.05) is 6.92 Å². The molecule has 8 heteroatoms. The molecule has 0 bridgehead atoms. The second kappa shape index (κ2) is 5.00. The van der Waals surface area contributed by atoms with Crippen molar-refractivity contribution in [3.8, 4) is 0 Å². The van der Waals surface area contributed by atoms with Crippen LogP contribution >= 0.6 is 11.6 Å². The third-order valence-electron chi connectivity index (χ3n) is 2.84. The Bertz CT molecular complexity index is 549. The second-order valence-electron chi connectivity index (χ2n) is 4.13. The van der Waals surface area contributed by atoms with Crippen molar-refractivity contribution in [1.29, 1.82) is 0 Å². The lowest BCUT2D eigenvalue weighted by molar-refractivity contribution is 0.117. The number of nitrogens with zero attached hydrogens (tertiary/aromatic N) is 1. The van der Waals surface area contributed by atoms with Gasteiger partial charge in [0, 0.05) is 12.8 Å². The van der Waals surface area contributed by atoms with Crippen LogP contribution in [0.1, 0.15) is 13.3 Å². The number of rotatable bonds is 3. The molecule has 100 valence electrons. The van der Waals surface area contributed by atoms with Crippen LogP contribution in [0.4, 0.5) is 5.82 Å². The Kier molecular flexibility index (Phi) is 3.76. The summed E-state index contributed by atoms with van der Waals surface area (Å²) in [7, 11) is -3.65. The van der Waals surface area contributed by atoms with Gasteiger partial charge in [0.2, 0.25) is 10.0 Å². The number of aromatic nitrogens is 1. The SMILES string of the molecule is CC1OCCC1NS(=O)(=O)c1cnc(N)c(Cl)c1. The highest BCUT2D eigenvalue weighted by Crippen LogP contribution is 2.21. The van der Waals surface area contributed by atoms with Gasteiger partial charge in [-0.3, -0.25) is 0 Å². The Hall–Kier alpha value is -0.890. The number of ether oxygens (including phenoxy) is 1. The molecule has 1 aliphatic heterocycles. The summed E-state index contributed by atoms with van der Waals surface area (Å²) in [5.41, 5.74) is 5.44. The van der Waals surface area contributed by atoms with Gasteiger partial charge in [0.1, 0.15) is 10.7 Å². The molecule has 0 saturated carbocycles. The maximum atomic E-state index is 12.1. The summed E-state index contributed by atoms with van der Waals surface area (Å²) >= 11 is 5.76. The van der Waals surface area contributed by atoms with E-state index < -0.39 is 10.0 Å². The Morgan fingerprint density at radius 2 is 2.33 bits per heavy atom. The number of hydrogen-bond donors (Lipinski definition) is 2. The van der Waals surface area contributed by atoms with Crippen molar-refractivity contribution in [3.63, 3.8) is 0 Å². The van der Waals surface area contributed by atoms with Crippen molar-refractivity contribution in [3.05, 3.63) is 17.3 Å². The van der Waals surface area contributed by atoms with E-state index in [2.05, 4.69) is 9.71 Å². The standard InChI is InChI=1S/C10H14ClN3O3S/c1-6-9(2-3-17-6)14-18(15,16)7-4-8(11)10(12)13-5-7/h4-6,9,14H,2-3H2,1H3,(H2,12,13). The van der Waals surface area contributed by atoms with Crippen LogP contribution in [-0.4, -0.2) is 32.2 Å². The number of anilines is 1. The molecule has 1 saturated heterocycles. The molecular weight excluding hydrogens is 278 g/mol. The molecule has 0 radical (unpaired) electrons. The Morgan fingerprint density at radius 1 is 1.61 bits per heavy atom. The van der Waals surface area contributed by atoms with Gasteiger partial charge in [0.25, 0.3) is 0 Å². The van der Waals surface area contributed by atoms with Gasteiger partial charge in [-0.15, -0.1) is 0 Å². The van der Waals surface area contributed by atoms with Crippen molar-refractivity contribution < 1.29 is 13.2 Å². The Balaban J connectivity index is 2.22. The van der Waals surface area contributed by atoms with Crippen molar-refractivity contribution >= 4 is 27.4 Å². The molecular formula is C10H14ClN3O3S. The Labute approximate surface area is 111 Å². The first-order valence-corrected chi connectivity index (χ1v) is 7.31. The molecule has 1 aromatic rings. The number of nitrogen functional groups attached to an aromatic ring is 1. The zero-order chi connectivity index (χ0) is 13.3. The van der Waals surface area contributed by atoms with Crippen LogP contribution in [0.2, 0.25) is 5.02 Å². The average molecular weight is 292 g/mol. The van der Waals surface area contributed by atoms with Crippen LogP contribution in [-0.2, 0) is 14.8 Å². The van der Waals surface area contributed by atoms with E-state index in [-0.39, 0.29) is 27.9 Å². The molecule has 1 aromatic heterocycles. The largest absolute Gasteiger partial charge is 0.382 e. The van der Waals surface area contributed by atoms with Gasteiger partial charge in [0.15, 0.2) is 0 Å². The highest BCUT2D eigenvalue weighted by molar-refractivity contribution is 7.89. The minimum absolute atomic E-state index is 0.000741. The summed E-state index contributed by atoms with van der Waals surface area (Å²) in [5.74, 6) is 0.105. The Morgan fingerprint density at radius 3 is 2.89 bits per heavy atom. The predicted octanol–water partition coefficient (Wildman–Crippen LogP) is 0.773. The fourth-order valence-electron chi connectivity index (χ4n) is 1.73. The lowest BCUT2D eigenvalue weighted by Crippen LogP contribution is -2.39. The van der Waals surface area contributed by atoms with Crippen LogP contribution in [0.15, 0.2) is 17.2 Å². The van der Waals surface area contributed by atoms with E-state index in [4.69, 9.17) is 22.1 Å². The summed E-state index contributed by atoms with van der Waals surface area (Å²) in [6, 6.07) is 1.05. The van der Waals surface area contributed by atoms with Gasteiger partial charge >= 0.3 is 0 Å². The van der Waals surface area contributed by atoms with Gasteiger partial charge in [-0.2, -0.15) is 0 Å². The molecule has 2 unspecified atom stereocenters. The molecule has 18 heavy (non-hydrogen) atoms. The fourth-order valence-corrected chi connectivity index (χ4v) is 3.27. The summed E-state index contributed by atoms with van der Waals surface area (Å²) in [4.78, 5) is 3.73. The summed E-state index contributed by atoms with van der Waals surface area (Å²) < 4.78 is 32.1. The van der Waals surface area contributed by atoms with Crippen LogP contribution in [0.5, 0.6) is 0 Å². The first-order chi connectivity index (χ1) is 8.40. The molecule has 0 aliphatic carbocycles. The van der Waals surface area contributed by atoms with E-state index in [1.165, 1.54) is 12.3 Å². The predicted molar refractivity (Wildman–Crippen MR) is 67.8 cm³/mol. The number of sulfonamides is 1. The minimum atomic E-state index is -3.65. The third kappa shape index (κ3) is 2.74. The lowest BCUT2D eigenvalue weighted by atomic mass is 10.2. The number of nitrogens with one attached hydrogen (secondary N) is 1. The van der Waals surface area contributed by atoms with Gasteiger partial charge in [0.05, 0.1) is 17.2 Å². The molecule has 2 atom stereocenters. The fraction of sp³-hybridized carbons (Fsp3) is 0.500. The highest BCUT2D eigenvalue weighted by atomic mass is 35.5. The van der Waals surface area contributed by atoms with Gasteiger partial charge in [-0.05, 0) is 19.4 Å². The molecule has 0 aromatic carbocycles. The number of halogens is 1. The molecule has 1 aliphatic rings. The quantitative estimate of drug-likeness (QED) is 0.858. The number of nitrogens with two attached hydrogens (primary N) is 1. The third-order valence-corrected chi connectivity index (χ3v) is 4.60. The summed E-state index contributed by atoms with van der Waals surface area (Å²) in [6.45, 7) is 2.38. The van der Waals surface area contributed by atoms with E-state index in [0.29, 0.717) is 13.0 Å². The maximum absolute atomic E-state index is 12.1. The second-order valence-corrected chi connectivity index (χ2v) is 6.25. The van der Waals surface area contributed by atoms with Gasteiger partial charge in [-0.1, -0.05) is 11.6 Å². The van der Waals surface area contributed by atoms with Gasteiger partial charge < -0.3 is 10.5 Å². The molecule has 2 heterocycles. The van der Waals surface area contributed by atoms with Crippen molar-refractivity contribution in [1.82, 2.24) is 9.71 Å². The molecule has 1 fully saturated rings. The highest BCUT2D eigenvalue weighted by Gasteiger charge is 2.29. The first-order valence-electron chi connectivity index (χ1n) is 5.45. The molecule has 3 N–H and O–H groups in total. The zero-order valence-electron chi connectivity index (χ0n) is 9.76. The summed E-state index contributed by atoms with van der Waals surface area (Å²) in [6.07, 6.45) is 1.69. The van der Waals surface area contributed by atoms with E-state index in [9.17, 15) is 8.42 Å². The van der Waals surface area contributed by atoms with Crippen molar-refractivity contribution in [2.24, 2.45) is 0 Å². The maximum Gasteiger partial charge on any atom is 0.242 e. The average Bonchev–Trinajstić information content (AvgIpc) is 2.67. The lowest BCUT2D eigenvalue weighted by Gasteiger charge is -2.16. The van der Waals surface area contributed by atoms with E-state index >= 15 is 0 Å². The molecule has 0 spiro atoms. The number of hydrogen-bond acceptors (Lipinski definition) is 5. The molecule has 2 rings (SSSR count). The normalized spacial score (nSPS) is 24.3. The van der Waals surface area contributed by atoms with E-state index in [1.54, 1.807) is 0 Å². The monoisotopic (exact) mass is 291 g/mol. The summed E-state index contributed by atoms with van der Waals surface area (Å²) in [5, 5.41) is 0.119. The van der Waals surface area contributed by atoms with Crippen molar-refractivity contribution in [2.45, 2.75) is 30.4 Å². The van der Waals surface area contributed by atoms with E-state index in [0.717, 1.165) is 0 Å². The van der Waals surface area contributed by atoms with Crippen LogP contribution < -0.4 is 10.5 Å².